The van der Waals surface area contributed by atoms with E-state index in [0.717, 1.165) is 6.42 Å². The molecule has 15 heavy (non-hydrogen) atoms. The van der Waals surface area contributed by atoms with Gasteiger partial charge in [-0.25, -0.2) is 0 Å². The lowest BCUT2D eigenvalue weighted by Crippen LogP contribution is -2.48. The quantitative estimate of drug-likeness (QED) is 0.747. The van der Waals surface area contributed by atoms with Gasteiger partial charge in [-0.3, -0.25) is 4.79 Å². The molecule has 1 fully saturated rings. The van der Waals surface area contributed by atoms with E-state index in [2.05, 4.69) is 12.2 Å². The number of carbonyl (C=O) groups is 1. The standard InChI is InChI=1S/C12H24N2O/c1-9-6-4-5-7-10(9)14-11(15)12(2,3)8-13/h9-10H,4-8,13H2,1-3H3,(H,14,15). The molecule has 2 atom stereocenters. The molecule has 2 unspecified atom stereocenters. The average Bonchev–Trinajstić information content (AvgIpc) is 2.21. The van der Waals surface area contributed by atoms with Gasteiger partial charge in [0, 0.05) is 12.6 Å². The van der Waals surface area contributed by atoms with Crippen LogP contribution in [0.1, 0.15) is 46.5 Å². The first kappa shape index (κ1) is 12.5. The van der Waals surface area contributed by atoms with Crippen LogP contribution in [0.25, 0.3) is 0 Å². The molecule has 0 bridgehead atoms. The minimum Gasteiger partial charge on any atom is -0.353 e. The largest absolute Gasteiger partial charge is 0.353 e. The third-order valence-corrected chi connectivity index (χ3v) is 3.55. The molecule has 3 heteroatoms. The lowest BCUT2D eigenvalue weighted by atomic mass is 9.84. The third kappa shape index (κ3) is 3.20. The summed E-state index contributed by atoms with van der Waals surface area (Å²) in [7, 11) is 0. The monoisotopic (exact) mass is 212 g/mol. The molecular weight excluding hydrogens is 188 g/mol. The first-order chi connectivity index (χ1) is 6.97. The Morgan fingerprint density at radius 3 is 2.53 bits per heavy atom. The minimum absolute atomic E-state index is 0.101. The van der Waals surface area contributed by atoms with E-state index in [1.807, 2.05) is 13.8 Å². The van der Waals surface area contributed by atoms with Crippen LogP contribution < -0.4 is 11.1 Å². The van der Waals surface area contributed by atoms with Crippen molar-refractivity contribution in [3.8, 4) is 0 Å². The Labute approximate surface area is 92.8 Å². The van der Waals surface area contributed by atoms with Crippen molar-refractivity contribution in [3.63, 3.8) is 0 Å². The van der Waals surface area contributed by atoms with Crippen LogP contribution in [0.5, 0.6) is 0 Å². The van der Waals surface area contributed by atoms with Gasteiger partial charge in [0.1, 0.15) is 0 Å². The summed E-state index contributed by atoms with van der Waals surface area (Å²) in [6.07, 6.45) is 4.88. The summed E-state index contributed by atoms with van der Waals surface area (Å²) < 4.78 is 0. The highest BCUT2D eigenvalue weighted by molar-refractivity contribution is 5.82. The predicted octanol–water partition coefficient (Wildman–Crippen LogP) is 1.67. The van der Waals surface area contributed by atoms with Gasteiger partial charge in [0.25, 0.3) is 0 Å². The van der Waals surface area contributed by atoms with Crippen molar-refractivity contribution < 1.29 is 4.79 Å². The zero-order chi connectivity index (χ0) is 11.5. The summed E-state index contributed by atoms with van der Waals surface area (Å²) in [6, 6.07) is 0.358. The van der Waals surface area contributed by atoms with E-state index >= 15 is 0 Å². The molecule has 0 aromatic heterocycles. The van der Waals surface area contributed by atoms with E-state index in [4.69, 9.17) is 5.73 Å². The molecule has 3 nitrogen and oxygen atoms in total. The number of hydrogen-bond donors (Lipinski definition) is 2. The van der Waals surface area contributed by atoms with E-state index in [1.54, 1.807) is 0 Å². The first-order valence-corrected chi connectivity index (χ1v) is 5.98. The highest BCUT2D eigenvalue weighted by Gasteiger charge is 2.30. The number of nitrogens with one attached hydrogen (secondary N) is 1. The van der Waals surface area contributed by atoms with E-state index in [0.29, 0.717) is 18.5 Å². The maximum Gasteiger partial charge on any atom is 0.227 e. The SMILES string of the molecule is CC1CCCCC1NC(=O)C(C)(C)CN. The topological polar surface area (TPSA) is 55.1 Å². The lowest BCUT2D eigenvalue weighted by Gasteiger charge is -2.32. The van der Waals surface area contributed by atoms with Gasteiger partial charge in [-0.1, -0.05) is 19.8 Å². The van der Waals surface area contributed by atoms with E-state index in [-0.39, 0.29) is 5.91 Å². The Morgan fingerprint density at radius 2 is 2.00 bits per heavy atom. The zero-order valence-corrected chi connectivity index (χ0v) is 10.2. The summed E-state index contributed by atoms with van der Waals surface area (Å²) in [4.78, 5) is 11.9. The Morgan fingerprint density at radius 1 is 1.40 bits per heavy atom. The summed E-state index contributed by atoms with van der Waals surface area (Å²) in [5, 5.41) is 3.14. The maximum absolute atomic E-state index is 11.9. The molecule has 1 aliphatic carbocycles. The van der Waals surface area contributed by atoms with Crippen molar-refractivity contribution >= 4 is 5.91 Å². The van der Waals surface area contributed by atoms with Crippen LogP contribution in [-0.2, 0) is 4.79 Å². The van der Waals surface area contributed by atoms with Crippen LogP contribution in [0, 0.1) is 11.3 Å². The Balaban J connectivity index is 2.50. The third-order valence-electron chi connectivity index (χ3n) is 3.55. The molecule has 1 rings (SSSR count). The maximum atomic E-state index is 11.9. The van der Waals surface area contributed by atoms with Gasteiger partial charge in [0.2, 0.25) is 5.91 Å². The van der Waals surface area contributed by atoms with Gasteiger partial charge < -0.3 is 11.1 Å². The average molecular weight is 212 g/mol. The summed E-state index contributed by atoms with van der Waals surface area (Å²) in [6.45, 7) is 6.42. The number of amides is 1. The molecule has 1 aliphatic rings. The van der Waals surface area contributed by atoms with Crippen LogP contribution in [0.2, 0.25) is 0 Å². The number of hydrogen-bond acceptors (Lipinski definition) is 2. The van der Waals surface area contributed by atoms with Crippen molar-refractivity contribution in [1.82, 2.24) is 5.32 Å². The molecule has 0 aromatic carbocycles. The normalized spacial score (nSPS) is 27.5. The zero-order valence-electron chi connectivity index (χ0n) is 10.2. The van der Waals surface area contributed by atoms with Crippen LogP contribution in [-0.4, -0.2) is 18.5 Å². The second-order valence-electron chi connectivity index (χ2n) is 5.43. The second kappa shape index (κ2) is 4.97. The fraction of sp³-hybridized carbons (Fsp3) is 0.917. The minimum atomic E-state index is -0.433. The molecular formula is C12H24N2O. The van der Waals surface area contributed by atoms with Gasteiger partial charge >= 0.3 is 0 Å². The Kier molecular flexibility index (Phi) is 4.14. The summed E-state index contributed by atoms with van der Waals surface area (Å²) in [5.74, 6) is 0.708. The number of carbonyl (C=O) groups excluding carboxylic acids is 1. The fourth-order valence-electron chi connectivity index (χ4n) is 1.99. The molecule has 88 valence electrons. The van der Waals surface area contributed by atoms with Crippen molar-refractivity contribution in [3.05, 3.63) is 0 Å². The van der Waals surface area contributed by atoms with Crippen LogP contribution >= 0.6 is 0 Å². The smallest absolute Gasteiger partial charge is 0.227 e. The van der Waals surface area contributed by atoms with Gasteiger partial charge in [-0.2, -0.15) is 0 Å². The van der Waals surface area contributed by atoms with Gasteiger partial charge in [-0.15, -0.1) is 0 Å². The van der Waals surface area contributed by atoms with Crippen molar-refractivity contribution in [2.75, 3.05) is 6.54 Å². The predicted molar refractivity (Wildman–Crippen MR) is 62.4 cm³/mol. The summed E-state index contributed by atoms with van der Waals surface area (Å²) in [5.41, 5.74) is 5.15. The Bertz CT molecular complexity index is 226. The van der Waals surface area contributed by atoms with Gasteiger partial charge in [-0.05, 0) is 32.6 Å². The van der Waals surface area contributed by atoms with Crippen molar-refractivity contribution in [2.24, 2.45) is 17.1 Å². The molecule has 0 saturated heterocycles. The van der Waals surface area contributed by atoms with Crippen molar-refractivity contribution in [2.45, 2.75) is 52.5 Å². The molecule has 0 radical (unpaired) electrons. The lowest BCUT2D eigenvalue weighted by molar-refractivity contribution is -0.130. The molecule has 3 N–H and O–H groups in total. The van der Waals surface area contributed by atoms with E-state index in [9.17, 15) is 4.79 Å². The van der Waals surface area contributed by atoms with Crippen LogP contribution in [0.3, 0.4) is 0 Å². The molecule has 0 spiro atoms. The molecule has 1 amide bonds. The van der Waals surface area contributed by atoms with Gasteiger partial charge in [0.15, 0.2) is 0 Å². The van der Waals surface area contributed by atoms with E-state index < -0.39 is 5.41 Å². The highest BCUT2D eigenvalue weighted by atomic mass is 16.2. The molecule has 0 aliphatic heterocycles. The second-order valence-corrected chi connectivity index (χ2v) is 5.43. The Hall–Kier alpha value is -0.570. The van der Waals surface area contributed by atoms with Crippen LogP contribution in [0.4, 0.5) is 0 Å². The van der Waals surface area contributed by atoms with Crippen LogP contribution in [0.15, 0.2) is 0 Å². The first-order valence-electron chi connectivity index (χ1n) is 5.98. The fourth-order valence-corrected chi connectivity index (χ4v) is 1.99. The molecule has 0 heterocycles. The van der Waals surface area contributed by atoms with E-state index in [1.165, 1.54) is 19.3 Å². The van der Waals surface area contributed by atoms with Crippen molar-refractivity contribution in [1.29, 1.82) is 0 Å². The highest BCUT2D eigenvalue weighted by Crippen LogP contribution is 2.25. The number of rotatable bonds is 3. The summed E-state index contributed by atoms with van der Waals surface area (Å²) >= 11 is 0. The molecule has 1 saturated carbocycles. The number of nitrogens with two attached hydrogens (primary N) is 1. The van der Waals surface area contributed by atoms with Gasteiger partial charge in [0.05, 0.1) is 5.41 Å². The molecule has 0 aromatic rings.